The molecule has 0 radical (unpaired) electrons. The Labute approximate surface area is 89.5 Å². The predicted octanol–water partition coefficient (Wildman–Crippen LogP) is 1.66. The molecule has 1 heterocycles. The number of rotatable bonds is 6. The van der Waals surface area contributed by atoms with Crippen molar-refractivity contribution in [3.05, 3.63) is 35.0 Å². The summed E-state index contributed by atoms with van der Waals surface area (Å²) < 4.78 is 7.50. The fourth-order valence-corrected chi connectivity index (χ4v) is 1.09. The minimum atomic E-state index is -0.780. The Balaban J connectivity index is 2.45. The maximum absolute atomic E-state index is 11.6. The molecule has 0 aliphatic rings. The number of hydrogen-bond acceptors (Lipinski definition) is 4. The lowest BCUT2D eigenvalue weighted by Crippen LogP contribution is -2.13. The van der Waals surface area contributed by atoms with Gasteiger partial charge in [-0.15, -0.1) is 4.91 Å². The van der Waals surface area contributed by atoms with Crippen LogP contribution in [0.15, 0.2) is 29.8 Å². The number of Topliss-reactive ketones (excluding diaryl/α,β-unsaturated/α-hetero) is 1. The number of carbonyl (C=O) groups is 1. The number of aromatic nitrogens is 1. The van der Waals surface area contributed by atoms with Crippen LogP contribution in [-0.2, 0) is 0 Å². The first-order valence-corrected chi connectivity index (χ1v) is 4.56. The van der Waals surface area contributed by atoms with Crippen molar-refractivity contribution in [2.45, 2.75) is 12.8 Å². The molecule has 5 nitrogen and oxygen atoms in total. The molecule has 0 N–H and O–H groups in total. The smallest absolute Gasteiger partial charge is 0.164 e. The van der Waals surface area contributed by atoms with Crippen molar-refractivity contribution in [2.24, 2.45) is 5.29 Å². The van der Waals surface area contributed by atoms with Crippen LogP contribution in [0.3, 0.4) is 0 Å². The molecule has 0 aliphatic heterocycles. The number of nitroso groups, excluding NO2 is 1. The van der Waals surface area contributed by atoms with Crippen molar-refractivity contribution in [3.8, 4) is 0 Å². The zero-order valence-corrected chi connectivity index (χ0v) is 8.46. The van der Waals surface area contributed by atoms with Gasteiger partial charge in [-0.05, 0) is 18.6 Å². The van der Waals surface area contributed by atoms with Crippen molar-refractivity contribution >= 4 is 5.78 Å². The molecule has 1 aromatic heterocycles. The molecule has 0 aromatic carbocycles. The lowest BCUT2D eigenvalue weighted by molar-refractivity contribution is 0.0976. The second-order valence-corrected chi connectivity index (χ2v) is 3.04. The van der Waals surface area contributed by atoms with Crippen LogP contribution in [0, 0.1) is 4.91 Å². The van der Waals surface area contributed by atoms with Gasteiger partial charge >= 0.3 is 0 Å². The van der Waals surface area contributed by atoms with Gasteiger partial charge in [-0.2, -0.15) is 0 Å². The molecule has 0 aliphatic carbocycles. The monoisotopic (exact) mass is 208 g/mol. The van der Waals surface area contributed by atoms with E-state index in [0.29, 0.717) is 5.56 Å². The first-order valence-electron chi connectivity index (χ1n) is 5.14. The fourth-order valence-electron chi connectivity index (χ4n) is 1.09. The van der Waals surface area contributed by atoms with Crippen LogP contribution >= 0.6 is 0 Å². The molecule has 0 spiro atoms. The Morgan fingerprint density at radius 3 is 3.13 bits per heavy atom. The third-order valence-corrected chi connectivity index (χ3v) is 1.88. The van der Waals surface area contributed by atoms with Gasteiger partial charge in [0.15, 0.2) is 5.78 Å². The van der Waals surface area contributed by atoms with Gasteiger partial charge in [-0.25, -0.2) is 0 Å². The van der Waals surface area contributed by atoms with Gasteiger partial charge < -0.3 is 0 Å². The zero-order chi connectivity index (χ0) is 12.0. The molecule has 5 heteroatoms. The van der Waals surface area contributed by atoms with Crippen LogP contribution in [0.2, 0.25) is 0 Å². The average molecular weight is 208 g/mol. The Morgan fingerprint density at radius 2 is 2.53 bits per heavy atom. The van der Waals surface area contributed by atoms with Crippen LogP contribution in [0.5, 0.6) is 0 Å². The van der Waals surface area contributed by atoms with E-state index in [1.807, 2.05) is 0 Å². The number of hydrogen-bond donors (Lipinski definition) is 0. The van der Waals surface area contributed by atoms with E-state index in [9.17, 15) is 9.70 Å². The maximum atomic E-state index is 11.6. The number of carbonyl (C=O) groups excluding carboxylic acids is 1. The summed E-state index contributed by atoms with van der Waals surface area (Å²) in [5.74, 6) is -0.0790. The first-order chi connectivity index (χ1) is 7.65. The summed E-state index contributed by atoms with van der Waals surface area (Å²) in [6.07, 6.45) is 3.56. The van der Waals surface area contributed by atoms with Gasteiger partial charge in [-0.1, -0.05) is 0 Å². The highest BCUT2D eigenvalue weighted by atomic mass is 16.3. The molecule has 0 fully saturated rings. The second kappa shape index (κ2) is 5.85. The Morgan fingerprint density at radius 1 is 1.73 bits per heavy atom. The molecule has 1 aromatic rings. The van der Waals surface area contributed by atoms with E-state index < -0.39 is 6.52 Å². The van der Waals surface area contributed by atoms with Gasteiger partial charge in [-0.3, -0.25) is 14.8 Å². The van der Waals surface area contributed by atoms with E-state index in [2.05, 4.69) is 10.3 Å². The van der Waals surface area contributed by atoms with Gasteiger partial charge in [0.25, 0.3) is 0 Å². The van der Waals surface area contributed by atoms with Crippen molar-refractivity contribution in [1.29, 1.82) is 0 Å². The third kappa shape index (κ3) is 3.84. The summed E-state index contributed by atoms with van der Waals surface area (Å²) in [6.45, 7) is -0.780. The predicted molar refractivity (Wildman–Crippen MR) is 56.2 cm³/mol. The summed E-state index contributed by atoms with van der Waals surface area (Å²) in [5, 5.41) is 3.59. The highest BCUT2D eigenvalue weighted by Crippen LogP contribution is 2.03. The number of nitrogens with zero attached hydrogens (tertiary/aromatic N) is 3. The van der Waals surface area contributed by atoms with Gasteiger partial charge in [0.1, 0.15) is 0 Å². The average Bonchev–Trinajstić information content (AvgIpc) is 2.35. The number of pyridine rings is 1. The maximum Gasteiger partial charge on any atom is 0.164 e. The topological polar surface area (TPSA) is 62.6 Å². The highest BCUT2D eigenvalue weighted by molar-refractivity contribution is 5.95. The summed E-state index contributed by atoms with van der Waals surface area (Å²) in [7, 11) is 1.42. The lowest BCUT2D eigenvalue weighted by Gasteiger charge is -2.06. The zero-order valence-electron chi connectivity index (χ0n) is 9.46. The van der Waals surface area contributed by atoms with Crippen molar-refractivity contribution in [1.82, 2.24) is 9.99 Å². The van der Waals surface area contributed by atoms with Crippen LogP contribution < -0.4 is 0 Å². The summed E-state index contributed by atoms with van der Waals surface area (Å²) in [4.78, 5) is 25.6. The van der Waals surface area contributed by atoms with Crippen LogP contribution in [0.25, 0.3) is 0 Å². The van der Waals surface area contributed by atoms with E-state index in [0.717, 1.165) is 5.01 Å². The molecule has 15 heavy (non-hydrogen) atoms. The molecule has 0 saturated carbocycles. The highest BCUT2D eigenvalue weighted by Gasteiger charge is 2.05. The fraction of sp³-hybridized carbons (Fsp3) is 0.400. The largest absolute Gasteiger partial charge is 0.294 e. The number of ketones is 1. The lowest BCUT2D eigenvalue weighted by atomic mass is 10.1. The molecule has 80 valence electrons. The van der Waals surface area contributed by atoms with E-state index in [4.69, 9.17) is 1.37 Å². The van der Waals surface area contributed by atoms with E-state index in [-0.39, 0.29) is 18.6 Å². The molecule has 1 unspecified atom stereocenters. The summed E-state index contributed by atoms with van der Waals surface area (Å²) in [5.41, 5.74) is 0.524. The van der Waals surface area contributed by atoms with Crippen LogP contribution in [-0.4, -0.2) is 29.3 Å². The Bertz CT molecular complexity index is 358. The minimum Gasteiger partial charge on any atom is -0.294 e. The Hall–Kier alpha value is -1.78. The van der Waals surface area contributed by atoms with Gasteiger partial charge in [0.05, 0.1) is 6.66 Å². The molecule has 0 saturated heterocycles. The molecule has 1 atom stereocenters. The first kappa shape index (κ1) is 9.76. The summed E-state index contributed by atoms with van der Waals surface area (Å²) in [6, 6.07) is 3.36. The molecule has 0 bridgehead atoms. The van der Waals surface area contributed by atoms with E-state index in [1.54, 1.807) is 18.3 Å². The normalized spacial score (nSPS) is 12.7. The van der Waals surface area contributed by atoms with Gasteiger partial charge in [0.2, 0.25) is 0 Å². The Kier molecular flexibility index (Phi) is 3.81. The van der Waals surface area contributed by atoms with E-state index in [1.165, 1.54) is 13.2 Å². The van der Waals surface area contributed by atoms with Gasteiger partial charge in [0, 0.05) is 37.9 Å². The second-order valence-electron chi connectivity index (χ2n) is 3.04. The van der Waals surface area contributed by atoms with Crippen molar-refractivity contribution < 1.29 is 6.17 Å². The van der Waals surface area contributed by atoms with Crippen LogP contribution in [0.1, 0.15) is 24.6 Å². The SMILES string of the molecule is [2H]C(CCC(=O)c1cccnc1)N(C)N=O. The standard InChI is InChI=1S/C10H13N3O2/c1-13(12-15)7-3-5-10(14)9-4-2-6-11-8-9/h2,4,6,8H,3,5,7H2,1H3/i7D. The molecule has 0 amide bonds. The quantitative estimate of drug-likeness (QED) is 0.405. The molecular formula is C10H13N3O2. The van der Waals surface area contributed by atoms with Crippen molar-refractivity contribution in [2.75, 3.05) is 13.6 Å². The molecule has 1 rings (SSSR count). The van der Waals surface area contributed by atoms with E-state index >= 15 is 0 Å². The molecular weight excluding hydrogens is 194 g/mol. The summed E-state index contributed by atoms with van der Waals surface area (Å²) >= 11 is 0. The van der Waals surface area contributed by atoms with Crippen molar-refractivity contribution in [3.63, 3.8) is 0 Å². The van der Waals surface area contributed by atoms with Crippen LogP contribution in [0.4, 0.5) is 0 Å². The minimum absolute atomic E-state index is 0.0790. The third-order valence-electron chi connectivity index (χ3n) is 1.88.